The second kappa shape index (κ2) is 4.13. The molecule has 0 bridgehead atoms. The van der Waals surface area contributed by atoms with E-state index in [9.17, 15) is 18.0 Å². The van der Waals surface area contributed by atoms with Gasteiger partial charge in [0, 0.05) is 5.69 Å². The lowest BCUT2D eigenvalue weighted by Crippen LogP contribution is -2.38. The van der Waals surface area contributed by atoms with E-state index in [0.717, 1.165) is 4.90 Å². The molecule has 0 aromatic heterocycles. The number of para-hydroxylation sites is 1. The lowest BCUT2D eigenvalue weighted by Gasteiger charge is -2.19. The summed E-state index contributed by atoms with van der Waals surface area (Å²) in [6.07, 6.45) is 0. The van der Waals surface area contributed by atoms with E-state index in [4.69, 9.17) is 4.55 Å². The van der Waals surface area contributed by atoms with E-state index >= 15 is 0 Å². The Balaban J connectivity index is 2.49. The summed E-state index contributed by atoms with van der Waals surface area (Å²) < 4.78 is 29.6. The SMILES string of the molecule is O=C1SC(S(=O)(=O)O)N(c2ccccc2)C1=O. The third-order valence-corrected chi connectivity index (χ3v) is 4.64. The molecule has 0 spiro atoms. The van der Waals surface area contributed by atoms with Crippen LogP contribution in [0.2, 0.25) is 0 Å². The van der Waals surface area contributed by atoms with Crippen LogP contribution in [0.1, 0.15) is 0 Å². The van der Waals surface area contributed by atoms with Gasteiger partial charge in [0.25, 0.3) is 15.2 Å². The molecule has 1 fully saturated rings. The standard InChI is InChI=1S/C9H7NO5S2/c11-7-8(12)16-9(17(13,14)15)10(7)6-4-2-1-3-5-6/h1-5,9H,(H,13,14,15). The molecule has 0 aliphatic carbocycles. The fraction of sp³-hybridized carbons (Fsp3) is 0.111. The second-order valence-corrected chi connectivity index (χ2v) is 6.07. The third kappa shape index (κ3) is 2.19. The van der Waals surface area contributed by atoms with Gasteiger partial charge in [0.15, 0.2) is 0 Å². The van der Waals surface area contributed by atoms with Crippen molar-refractivity contribution in [1.82, 2.24) is 0 Å². The van der Waals surface area contributed by atoms with Gasteiger partial charge >= 0.3 is 5.91 Å². The van der Waals surface area contributed by atoms with Gasteiger partial charge in [-0.3, -0.25) is 19.0 Å². The van der Waals surface area contributed by atoms with Crippen LogP contribution in [0.5, 0.6) is 0 Å². The molecule has 0 radical (unpaired) electrons. The number of anilines is 1. The topological polar surface area (TPSA) is 91.8 Å². The summed E-state index contributed by atoms with van der Waals surface area (Å²) in [5, 5.41) is -0.906. The number of carbonyl (C=O) groups is 2. The molecule has 1 saturated heterocycles. The maximum absolute atomic E-state index is 11.5. The first-order valence-corrected chi connectivity index (χ1v) is 6.85. The van der Waals surface area contributed by atoms with Crippen LogP contribution in [0, 0.1) is 0 Å². The van der Waals surface area contributed by atoms with Crippen molar-refractivity contribution < 1.29 is 22.6 Å². The van der Waals surface area contributed by atoms with E-state index < -0.39 is 25.8 Å². The highest BCUT2D eigenvalue weighted by Gasteiger charge is 2.47. The number of hydrogen-bond acceptors (Lipinski definition) is 5. The molecule has 17 heavy (non-hydrogen) atoms. The first-order valence-electron chi connectivity index (χ1n) is 4.47. The molecule has 1 N–H and O–H groups in total. The van der Waals surface area contributed by atoms with Crippen LogP contribution in [0.4, 0.5) is 5.69 Å². The molecule has 90 valence electrons. The largest absolute Gasteiger partial charge is 0.307 e. The molecule has 0 saturated carbocycles. The van der Waals surface area contributed by atoms with Crippen molar-refractivity contribution >= 4 is 38.6 Å². The molecule has 1 heterocycles. The number of carbonyl (C=O) groups excluding carboxylic acids is 2. The lowest BCUT2D eigenvalue weighted by molar-refractivity contribution is -0.130. The van der Waals surface area contributed by atoms with Crippen LogP contribution in [0.15, 0.2) is 30.3 Å². The molecule has 1 amide bonds. The predicted octanol–water partition coefficient (Wildman–Crippen LogP) is 0.464. The van der Waals surface area contributed by atoms with Gasteiger partial charge in [0.1, 0.15) is 0 Å². The molecular weight excluding hydrogens is 266 g/mol. The van der Waals surface area contributed by atoms with Gasteiger partial charge in [-0.15, -0.1) is 0 Å². The highest BCUT2D eigenvalue weighted by molar-refractivity contribution is 8.24. The average Bonchev–Trinajstić information content (AvgIpc) is 2.57. The van der Waals surface area contributed by atoms with E-state index in [1.54, 1.807) is 18.2 Å². The summed E-state index contributed by atoms with van der Waals surface area (Å²) in [4.78, 5) is 23.5. The van der Waals surface area contributed by atoms with Gasteiger partial charge in [-0.25, -0.2) is 0 Å². The quantitative estimate of drug-likeness (QED) is 0.622. The van der Waals surface area contributed by atoms with Crippen molar-refractivity contribution in [2.75, 3.05) is 4.90 Å². The van der Waals surface area contributed by atoms with Gasteiger partial charge in [0.2, 0.25) is 4.71 Å². The molecule has 1 aromatic rings. The smallest absolute Gasteiger partial charge is 0.283 e. The molecule has 6 nitrogen and oxygen atoms in total. The Kier molecular flexibility index (Phi) is 2.94. The highest BCUT2D eigenvalue weighted by Crippen LogP contribution is 2.34. The van der Waals surface area contributed by atoms with Crippen molar-refractivity contribution in [3.63, 3.8) is 0 Å². The summed E-state index contributed by atoms with van der Waals surface area (Å²) in [5.74, 6) is -0.955. The summed E-state index contributed by atoms with van der Waals surface area (Å²) in [5.41, 5.74) is 0.249. The van der Waals surface area contributed by atoms with Crippen LogP contribution < -0.4 is 4.90 Å². The highest BCUT2D eigenvalue weighted by atomic mass is 32.3. The predicted molar refractivity (Wildman–Crippen MR) is 61.9 cm³/mol. The van der Waals surface area contributed by atoms with Crippen molar-refractivity contribution in [3.05, 3.63) is 30.3 Å². The Bertz CT molecular complexity index is 568. The fourth-order valence-electron chi connectivity index (χ4n) is 1.41. The maximum Gasteiger partial charge on any atom is 0.307 e. The first-order chi connectivity index (χ1) is 7.91. The minimum atomic E-state index is -4.52. The Morgan fingerprint density at radius 1 is 1.18 bits per heavy atom. The van der Waals surface area contributed by atoms with Gasteiger partial charge < -0.3 is 0 Å². The van der Waals surface area contributed by atoms with Crippen LogP contribution in [-0.2, 0) is 19.7 Å². The van der Waals surface area contributed by atoms with E-state index in [0.29, 0.717) is 0 Å². The van der Waals surface area contributed by atoms with E-state index in [2.05, 4.69) is 0 Å². The molecule has 1 atom stereocenters. The Morgan fingerprint density at radius 2 is 1.76 bits per heavy atom. The van der Waals surface area contributed by atoms with Crippen LogP contribution in [0.25, 0.3) is 0 Å². The summed E-state index contributed by atoms with van der Waals surface area (Å²) >= 11 is 0.283. The van der Waals surface area contributed by atoms with Crippen molar-refractivity contribution in [2.24, 2.45) is 0 Å². The maximum atomic E-state index is 11.5. The summed E-state index contributed by atoms with van der Waals surface area (Å²) in [6.45, 7) is 0. The number of benzene rings is 1. The monoisotopic (exact) mass is 273 g/mol. The lowest BCUT2D eigenvalue weighted by atomic mass is 10.3. The Morgan fingerprint density at radius 3 is 2.29 bits per heavy atom. The number of hydrogen-bond donors (Lipinski definition) is 1. The van der Waals surface area contributed by atoms with Crippen molar-refractivity contribution in [1.29, 1.82) is 0 Å². The second-order valence-electron chi connectivity index (χ2n) is 3.24. The normalized spacial score (nSPS) is 21.0. The van der Waals surface area contributed by atoms with Crippen LogP contribution in [-0.4, -0.2) is 28.7 Å². The average molecular weight is 273 g/mol. The summed E-state index contributed by atoms with van der Waals surface area (Å²) in [7, 11) is -4.52. The fourth-order valence-corrected chi connectivity index (χ4v) is 3.35. The van der Waals surface area contributed by atoms with Crippen LogP contribution >= 0.6 is 11.8 Å². The number of amides is 1. The van der Waals surface area contributed by atoms with Gasteiger partial charge in [-0.1, -0.05) is 18.2 Å². The zero-order chi connectivity index (χ0) is 12.6. The first kappa shape index (κ1) is 12.1. The number of rotatable bonds is 2. The third-order valence-electron chi connectivity index (χ3n) is 2.10. The van der Waals surface area contributed by atoms with E-state index in [-0.39, 0.29) is 17.4 Å². The number of nitrogens with zero attached hydrogens (tertiary/aromatic N) is 1. The Hall–Kier alpha value is -1.38. The zero-order valence-corrected chi connectivity index (χ0v) is 9.94. The van der Waals surface area contributed by atoms with Gasteiger partial charge in [-0.05, 0) is 23.9 Å². The van der Waals surface area contributed by atoms with Gasteiger partial charge in [-0.2, -0.15) is 8.42 Å². The minimum Gasteiger partial charge on any atom is -0.283 e. The molecular formula is C9H7NO5S2. The molecule has 1 aliphatic rings. The minimum absolute atomic E-state index is 0.249. The zero-order valence-electron chi connectivity index (χ0n) is 8.31. The van der Waals surface area contributed by atoms with Gasteiger partial charge in [0.05, 0.1) is 0 Å². The molecule has 1 aromatic carbocycles. The van der Waals surface area contributed by atoms with Crippen molar-refractivity contribution in [2.45, 2.75) is 4.71 Å². The molecule has 2 rings (SSSR count). The number of thioether (sulfide) groups is 1. The molecule has 1 unspecified atom stereocenters. The summed E-state index contributed by atoms with van der Waals surface area (Å²) in [6, 6.07) is 7.83. The molecule has 8 heteroatoms. The van der Waals surface area contributed by atoms with Crippen LogP contribution in [0.3, 0.4) is 0 Å². The molecule has 1 aliphatic heterocycles. The van der Waals surface area contributed by atoms with E-state index in [1.807, 2.05) is 0 Å². The Labute approximate surface area is 101 Å². The van der Waals surface area contributed by atoms with Crippen molar-refractivity contribution in [3.8, 4) is 0 Å². The van der Waals surface area contributed by atoms with E-state index in [1.165, 1.54) is 12.1 Å².